The van der Waals surface area contributed by atoms with Gasteiger partial charge in [-0.1, -0.05) is 18.2 Å². The van der Waals surface area contributed by atoms with Crippen LogP contribution in [0.15, 0.2) is 30.3 Å². The van der Waals surface area contributed by atoms with Gasteiger partial charge in [0.1, 0.15) is 5.75 Å². The third kappa shape index (κ3) is 2.76. The van der Waals surface area contributed by atoms with Crippen molar-refractivity contribution >= 4 is 0 Å². The zero-order chi connectivity index (χ0) is 14.0. The van der Waals surface area contributed by atoms with Crippen molar-refractivity contribution in [2.75, 3.05) is 0 Å². The van der Waals surface area contributed by atoms with Gasteiger partial charge >= 0.3 is 0 Å². The van der Waals surface area contributed by atoms with Crippen LogP contribution in [0.5, 0.6) is 11.5 Å². The molecule has 0 atom stereocenters. The molecule has 3 heteroatoms. The number of rotatable bonds is 3. The minimum atomic E-state index is -0.467. The molecule has 0 fully saturated rings. The number of aliphatic hydroxyl groups is 1. The maximum Gasteiger partial charge on any atom is 0.168 e. The predicted octanol–water partition coefficient (Wildman–Crippen LogP) is 4.04. The Morgan fingerprint density at radius 3 is 2.58 bits per heavy atom. The Morgan fingerprint density at radius 2 is 1.89 bits per heavy atom. The maximum absolute atomic E-state index is 13.8. The zero-order valence-corrected chi connectivity index (χ0v) is 11.3. The van der Waals surface area contributed by atoms with E-state index in [1.54, 1.807) is 12.1 Å². The molecule has 0 heterocycles. The van der Waals surface area contributed by atoms with Crippen molar-refractivity contribution in [2.45, 2.75) is 27.4 Å². The van der Waals surface area contributed by atoms with Gasteiger partial charge < -0.3 is 9.84 Å². The summed E-state index contributed by atoms with van der Waals surface area (Å²) in [6.45, 7) is 5.64. The summed E-state index contributed by atoms with van der Waals surface area (Å²) in [6, 6.07) is 8.46. The second-order valence-corrected chi connectivity index (χ2v) is 4.69. The van der Waals surface area contributed by atoms with Crippen molar-refractivity contribution in [1.29, 1.82) is 0 Å². The molecule has 0 aliphatic heterocycles. The molecule has 0 aromatic heterocycles. The summed E-state index contributed by atoms with van der Waals surface area (Å²) in [6.07, 6.45) is 0. The largest absolute Gasteiger partial charge is 0.454 e. The first-order chi connectivity index (χ1) is 9.02. The van der Waals surface area contributed by atoms with Crippen molar-refractivity contribution in [3.05, 3.63) is 58.4 Å². The molecule has 2 aromatic carbocycles. The van der Waals surface area contributed by atoms with Gasteiger partial charge in [0.15, 0.2) is 11.6 Å². The summed E-state index contributed by atoms with van der Waals surface area (Å²) in [5.74, 6) is 0.250. The van der Waals surface area contributed by atoms with E-state index in [0.717, 1.165) is 16.7 Å². The molecule has 0 saturated heterocycles. The molecule has 100 valence electrons. The number of aryl methyl sites for hydroxylation is 2. The quantitative estimate of drug-likeness (QED) is 0.902. The molecule has 19 heavy (non-hydrogen) atoms. The molecule has 0 aliphatic rings. The summed E-state index contributed by atoms with van der Waals surface area (Å²) < 4.78 is 19.5. The highest BCUT2D eigenvalue weighted by Crippen LogP contribution is 2.32. The van der Waals surface area contributed by atoms with E-state index in [4.69, 9.17) is 4.74 Å². The van der Waals surface area contributed by atoms with E-state index < -0.39 is 5.82 Å². The molecule has 0 unspecified atom stereocenters. The Bertz CT molecular complexity index is 606. The lowest BCUT2D eigenvalue weighted by atomic mass is 10.1. The van der Waals surface area contributed by atoms with Gasteiger partial charge in [0.2, 0.25) is 0 Å². The molecule has 0 bridgehead atoms. The first kappa shape index (κ1) is 13.6. The number of para-hydroxylation sites is 1. The first-order valence-electron chi connectivity index (χ1n) is 6.17. The van der Waals surface area contributed by atoms with Crippen LogP contribution in [0.25, 0.3) is 0 Å². The fraction of sp³-hybridized carbons (Fsp3) is 0.250. The fourth-order valence-electron chi connectivity index (χ4n) is 2.01. The van der Waals surface area contributed by atoms with Gasteiger partial charge in [-0.25, -0.2) is 4.39 Å². The fourth-order valence-corrected chi connectivity index (χ4v) is 2.01. The summed E-state index contributed by atoms with van der Waals surface area (Å²) in [7, 11) is 0. The molecule has 0 spiro atoms. The van der Waals surface area contributed by atoms with Crippen LogP contribution in [-0.4, -0.2) is 5.11 Å². The average molecular weight is 260 g/mol. The van der Waals surface area contributed by atoms with Crippen LogP contribution in [0.4, 0.5) is 4.39 Å². The topological polar surface area (TPSA) is 29.5 Å². The Labute approximate surface area is 112 Å². The van der Waals surface area contributed by atoms with Crippen LogP contribution in [0.2, 0.25) is 0 Å². The third-order valence-electron chi connectivity index (χ3n) is 3.19. The van der Waals surface area contributed by atoms with Gasteiger partial charge in [0.05, 0.1) is 6.61 Å². The SMILES string of the molecule is Cc1cc(C)c(C)c(Oc2c(F)cccc2CO)c1. The van der Waals surface area contributed by atoms with E-state index in [9.17, 15) is 9.50 Å². The first-order valence-corrected chi connectivity index (χ1v) is 6.17. The second-order valence-electron chi connectivity index (χ2n) is 4.69. The van der Waals surface area contributed by atoms with E-state index in [2.05, 4.69) is 6.07 Å². The van der Waals surface area contributed by atoms with Gasteiger partial charge in [-0.15, -0.1) is 0 Å². The van der Waals surface area contributed by atoms with Gasteiger partial charge in [-0.2, -0.15) is 0 Å². The molecular formula is C16H17FO2. The zero-order valence-electron chi connectivity index (χ0n) is 11.3. The van der Waals surface area contributed by atoms with Crippen molar-refractivity contribution in [1.82, 2.24) is 0 Å². The van der Waals surface area contributed by atoms with E-state index >= 15 is 0 Å². The lowest BCUT2D eigenvalue weighted by molar-refractivity contribution is 0.274. The minimum absolute atomic E-state index is 0.0955. The summed E-state index contributed by atoms with van der Waals surface area (Å²) in [5, 5.41) is 9.25. The molecule has 0 saturated carbocycles. The number of aliphatic hydroxyl groups excluding tert-OH is 1. The monoisotopic (exact) mass is 260 g/mol. The van der Waals surface area contributed by atoms with Crippen LogP contribution in [0.1, 0.15) is 22.3 Å². The molecule has 0 radical (unpaired) electrons. The normalized spacial score (nSPS) is 10.6. The van der Waals surface area contributed by atoms with Crippen LogP contribution in [0.3, 0.4) is 0 Å². The maximum atomic E-state index is 13.8. The van der Waals surface area contributed by atoms with Gasteiger partial charge in [-0.05, 0) is 49.6 Å². The molecule has 1 N–H and O–H groups in total. The minimum Gasteiger partial charge on any atom is -0.454 e. The van der Waals surface area contributed by atoms with Crippen LogP contribution in [0, 0.1) is 26.6 Å². The lowest BCUT2D eigenvalue weighted by Crippen LogP contribution is -1.97. The standard InChI is InChI=1S/C16H17FO2/c1-10-7-11(2)12(3)15(8-10)19-16-13(9-18)5-4-6-14(16)17/h4-8,18H,9H2,1-3H3. The van der Waals surface area contributed by atoms with Gasteiger partial charge in [0, 0.05) is 5.56 Å². The Kier molecular flexibility index (Phi) is 3.86. The number of benzene rings is 2. The summed E-state index contributed by atoms with van der Waals surface area (Å²) >= 11 is 0. The average Bonchev–Trinajstić information content (AvgIpc) is 2.37. The number of hydrogen-bond donors (Lipinski definition) is 1. The second kappa shape index (κ2) is 5.41. The van der Waals surface area contributed by atoms with Crippen molar-refractivity contribution in [3.63, 3.8) is 0 Å². The smallest absolute Gasteiger partial charge is 0.168 e. The molecular weight excluding hydrogens is 243 g/mol. The van der Waals surface area contributed by atoms with Crippen molar-refractivity contribution in [3.8, 4) is 11.5 Å². The van der Waals surface area contributed by atoms with Gasteiger partial charge in [0.25, 0.3) is 0 Å². The highest BCUT2D eigenvalue weighted by Gasteiger charge is 2.12. The molecule has 2 rings (SSSR count). The van der Waals surface area contributed by atoms with E-state index in [1.165, 1.54) is 6.07 Å². The van der Waals surface area contributed by atoms with Gasteiger partial charge in [-0.3, -0.25) is 0 Å². The number of ether oxygens (including phenoxy) is 1. The molecule has 2 nitrogen and oxygen atoms in total. The Hall–Kier alpha value is -1.87. The Morgan fingerprint density at radius 1 is 1.16 bits per heavy atom. The van der Waals surface area contributed by atoms with Crippen LogP contribution >= 0.6 is 0 Å². The highest BCUT2D eigenvalue weighted by atomic mass is 19.1. The molecule has 0 amide bonds. The number of halogens is 1. The van der Waals surface area contributed by atoms with Crippen molar-refractivity contribution in [2.24, 2.45) is 0 Å². The van der Waals surface area contributed by atoms with Crippen molar-refractivity contribution < 1.29 is 14.2 Å². The highest BCUT2D eigenvalue weighted by molar-refractivity contribution is 5.46. The van der Waals surface area contributed by atoms with E-state index in [-0.39, 0.29) is 12.4 Å². The molecule has 2 aromatic rings. The van der Waals surface area contributed by atoms with Crippen LogP contribution in [-0.2, 0) is 6.61 Å². The Balaban J connectivity index is 2.47. The third-order valence-corrected chi connectivity index (χ3v) is 3.19. The van der Waals surface area contributed by atoms with E-state index in [1.807, 2.05) is 26.8 Å². The van der Waals surface area contributed by atoms with Crippen LogP contribution < -0.4 is 4.74 Å². The predicted molar refractivity (Wildman–Crippen MR) is 73.0 cm³/mol. The molecule has 0 aliphatic carbocycles. The lowest BCUT2D eigenvalue weighted by Gasteiger charge is -2.14. The van der Waals surface area contributed by atoms with E-state index in [0.29, 0.717) is 11.3 Å². The summed E-state index contributed by atoms with van der Waals surface area (Å²) in [5.41, 5.74) is 3.56. The number of hydrogen-bond acceptors (Lipinski definition) is 2. The summed E-state index contributed by atoms with van der Waals surface area (Å²) in [4.78, 5) is 0.